The van der Waals surface area contributed by atoms with Gasteiger partial charge in [-0.25, -0.2) is 9.78 Å². The molecular weight excluding hydrogens is 242 g/mol. The Bertz CT molecular complexity index is 519. The SMILES string of the molecule is CCOC(=O)c1coc(-c2ccc(Cl)cc2)n1. The van der Waals surface area contributed by atoms with Gasteiger partial charge in [0.15, 0.2) is 5.69 Å². The summed E-state index contributed by atoms with van der Waals surface area (Å²) in [5.74, 6) is -0.124. The first-order chi connectivity index (χ1) is 8.20. The highest BCUT2D eigenvalue weighted by Crippen LogP contribution is 2.21. The number of hydrogen-bond donors (Lipinski definition) is 0. The fourth-order valence-corrected chi connectivity index (χ4v) is 1.42. The van der Waals surface area contributed by atoms with Crippen LogP contribution in [0.15, 0.2) is 34.9 Å². The Labute approximate surface area is 103 Å². The largest absolute Gasteiger partial charge is 0.461 e. The molecule has 88 valence electrons. The highest BCUT2D eigenvalue weighted by Gasteiger charge is 2.13. The second-order valence-corrected chi connectivity index (χ2v) is 3.70. The average molecular weight is 252 g/mol. The molecule has 0 saturated heterocycles. The first-order valence-corrected chi connectivity index (χ1v) is 5.47. The molecule has 0 aliphatic carbocycles. The molecule has 1 aromatic heterocycles. The second kappa shape index (κ2) is 5.01. The van der Waals surface area contributed by atoms with Gasteiger partial charge in [-0.05, 0) is 31.2 Å². The summed E-state index contributed by atoms with van der Waals surface area (Å²) >= 11 is 5.77. The van der Waals surface area contributed by atoms with Crippen molar-refractivity contribution >= 4 is 17.6 Å². The topological polar surface area (TPSA) is 52.3 Å². The smallest absolute Gasteiger partial charge is 0.360 e. The van der Waals surface area contributed by atoms with Crippen LogP contribution in [-0.2, 0) is 4.74 Å². The molecule has 2 rings (SSSR count). The van der Waals surface area contributed by atoms with Gasteiger partial charge >= 0.3 is 5.97 Å². The van der Waals surface area contributed by atoms with Gasteiger partial charge in [-0.2, -0.15) is 0 Å². The summed E-state index contributed by atoms with van der Waals surface area (Å²) in [4.78, 5) is 15.4. The van der Waals surface area contributed by atoms with E-state index >= 15 is 0 Å². The number of carbonyl (C=O) groups excluding carboxylic acids is 1. The van der Waals surface area contributed by atoms with Crippen LogP contribution in [0.25, 0.3) is 11.5 Å². The zero-order valence-electron chi connectivity index (χ0n) is 9.14. The number of hydrogen-bond acceptors (Lipinski definition) is 4. The Morgan fingerprint density at radius 3 is 2.76 bits per heavy atom. The lowest BCUT2D eigenvalue weighted by molar-refractivity contribution is 0.0519. The molecule has 4 nitrogen and oxygen atoms in total. The average Bonchev–Trinajstić information content (AvgIpc) is 2.80. The molecule has 0 amide bonds. The zero-order chi connectivity index (χ0) is 12.3. The Balaban J connectivity index is 2.23. The number of rotatable bonds is 3. The standard InChI is InChI=1S/C12H10ClNO3/c1-2-16-12(15)10-7-17-11(14-10)8-3-5-9(13)6-4-8/h3-7H,2H2,1H3. The first-order valence-electron chi connectivity index (χ1n) is 5.09. The molecule has 0 unspecified atom stereocenters. The van der Waals surface area contributed by atoms with Crippen molar-refractivity contribution in [3.63, 3.8) is 0 Å². The number of halogens is 1. The molecular formula is C12H10ClNO3. The predicted molar refractivity (Wildman–Crippen MR) is 62.9 cm³/mol. The summed E-state index contributed by atoms with van der Waals surface area (Å²) in [5.41, 5.74) is 0.918. The quantitative estimate of drug-likeness (QED) is 0.787. The van der Waals surface area contributed by atoms with E-state index in [-0.39, 0.29) is 5.69 Å². The van der Waals surface area contributed by atoms with E-state index in [1.807, 2.05) is 0 Å². The molecule has 0 fully saturated rings. The van der Waals surface area contributed by atoms with Crippen molar-refractivity contribution < 1.29 is 13.9 Å². The number of carbonyl (C=O) groups is 1. The Morgan fingerprint density at radius 2 is 2.12 bits per heavy atom. The Hall–Kier alpha value is -1.81. The van der Waals surface area contributed by atoms with E-state index in [1.54, 1.807) is 31.2 Å². The molecule has 0 atom stereocenters. The van der Waals surface area contributed by atoms with Gasteiger partial charge in [0.05, 0.1) is 6.61 Å². The van der Waals surface area contributed by atoms with Crippen molar-refractivity contribution in [2.45, 2.75) is 6.92 Å². The minimum absolute atomic E-state index is 0.164. The van der Waals surface area contributed by atoms with Gasteiger partial charge in [-0.3, -0.25) is 0 Å². The molecule has 5 heteroatoms. The molecule has 0 radical (unpaired) electrons. The number of ether oxygens (including phenoxy) is 1. The van der Waals surface area contributed by atoms with Gasteiger partial charge in [-0.15, -0.1) is 0 Å². The number of benzene rings is 1. The maximum absolute atomic E-state index is 11.4. The molecule has 0 aliphatic heterocycles. The molecule has 2 aromatic rings. The van der Waals surface area contributed by atoms with E-state index in [9.17, 15) is 4.79 Å². The van der Waals surface area contributed by atoms with Crippen molar-refractivity contribution in [2.75, 3.05) is 6.61 Å². The van der Waals surface area contributed by atoms with Gasteiger partial charge in [0.1, 0.15) is 6.26 Å². The minimum atomic E-state index is -0.489. The summed E-state index contributed by atoms with van der Waals surface area (Å²) in [7, 11) is 0. The van der Waals surface area contributed by atoms with Crippen LogP contribution in [0.1, 0.15) is 17.4 Å². The summed E-state index contributed by atoms with van der Waals surface area (Å²) in [6.07, 6.45) is 1.28. The summed E-state index contributed by atoms with van der Waals surface area (Å²) < 4.78 is 10.0. The van der Waals surface area contributed by atoms with Crippen molar-refractivity contribution in [2.24, 2.45) is 0 Å². The Kier molecular flexibility index (Phi) is 3.44. The molecule has 0 saturated carbocycles. The highest BCUT2D eigenvalue weighted by atomic mass is 35.5. The van der Waals surface area contributed by atoms with E-state index in [4.69, 9.17) is 20.8 Å². The van der Waals surface area contributed by atoms with Gasteiger partial charge in [0.25, 0.3) is 0 Å². The van der Waals surface area contributed by atoms with Crippen LogP contribution in [0.2, 0.25) is 5.02 Å². The fourth-order valence-electron chi connectivity index (χ4n) is 1.30. The molecule has 0 N–H and O–H groups in total. The van der Waals surface area contributed by atoms with Crippen LogP contribution in [0.5, 0.6) is 0 Å². The molecule has 1 heterocycles. The fraction of sp³-hybridized carbons (Fsp3) is 0.167. The third kappa shape index (κ3) is 2.65. The van der Waals surface area contributed by atoms with E-state index in [1.165, 1.54) is 6.26 Å². The van der Waals surface area contributed by atoms with Crippen molar-refractivity contribution in [1.82, 2.24) is 4.98 Å². The van der Waals surface area contributed by atoms with Gasteiger partial charge < -0.3 is 9.15 Å². The van der Waals surface area contributed by atoms with Crippen LogP contribution in [0.3, 0.4) is 0 Å². The van der Waals surface area contributed by atoms with Crippen molar-refractivity contribution in [3.05, 3.63) is 41.2 Å². The van der Waals surface area contributed by atoms with Crippen LogP contribution >= 0.6 is 11.6 Å². The second-order valence-electron chi connectivity index (χ2n) is 3.27. The van der Waals surface area contributed by atoms with Gasteiger partial charge in [0, 0.05) is 10.6 Å². The maximum atomic E-state index is 11.4. The monoisotopic (exact) mass is 251 g/mol. The van der Waals surface area contributed by atoms with Gasteiger partial charge in [0.2, 0.25) is 5.89 Å². The van der Waals surface area contributed by atoms with Crippen LogP contribution in [-0.4, -0.2) is 17.6 Å². The van der Waals surface area contributed by atoms with Crippen molar-refractivity contribution in [3.8, 4) is 11.5 Å². The highest BCUT2D eigenvalue weighted by molar-refractivity contribution is 6.30. The lowest BCUT2D eigenvalue weighted by atomic mass is 10.2. The first kappa shape index (κ1) is 11.7. The molecule has 0 spiro atoms. The van der Waals surface area contributed by atoms with E-state index < -0.39 is 5.97 Å². The molecule has 0 aliphatic rings. The Morgan fingerprint density at radius 1 is 1.41 bits per heavy atom. The van der Waals surface area contributed by atoms with E-state index in [2.05, 4.69) is 4.98 Å². The summed E-state index contributed by atoms with van der Waals surface area (Å²) in [6, 6.07) is 6.99. The summed E-state index contributed by atoms with van der Waals surface area (Å²) in [6.45, 7) is 2.04. The number of esters is 1. The third-order valence-corrected chi connectivity index (χ3v) is 2.33. The molecule has 0 bridgehead atoms. The normalized spacial score (nSPS) is 10.2. The number of nitrogens with zero attached hydrogens (tertiary/aromatic N) is 1. The van der Waals surface area contributed by atoms with Crippen molar-refractivity contribution in [1.29, 1.82) is 0 Å². The predicted octanol–water partition coefficient (Wildman–Crippen LogP) is 3.17. The van der Waals surface area contributed by atoms with Gasteiger partial charge in [-0.1, -0.05) is 11.6 Å². The number of aromatic nitrogens is 1. The minimum Gasteiger partial charge on any atom is -0.461 e. The van der Waals surface area contributed by atoms with Crippen LogP contribution in [0.4, 0.5) is 0 Å². The zero-order valence-corrected chi connectivity index (χ0v) is 9.90. The van der Waals surface area contributed by atoms with E-state index in [0.29, 0.717) is 17.5 Å². The van der Waals surface area contributed by atoms with Crippen LogP contribution < -0.4 is 0 Å². The lowest BCUT2D eigenvalue weighted by Crippen LogP contribution is -2.04. The lowest BCUT2D eigenvalue weighted by Gasteiger charge is -1.96. The van der Waals surface area contributed by atoms with Crippen LogP contribution in [0, 0.1) is 0 Å². The third-order valence-electron chi connectivity index (χ3n) is 2.08. The molecule has 17 heavy (non-hydrogen) atoms. The molecule has 1 aromatic carbocycles. The summed E-state index contributed by atoms with van der Waals surface area (Å²) in [5, 5.41) is 0.630. The van der Waals surface area contributed by atoms with E-state index in [0.717, 1.165) is 5.56 Å². The number of oxazole rings is 1. The maximum Gasteiger partial charge on any atom is 0.360 e.